The average Bonchev–Trinajstić information content (AvgIpc) is 2.80. The number of unbranched alkanes of at least 4 members (excludes halogenated alkanes) is 7. The first kappa shape index (κ1) is 24.0. The molecule has 0 unspecified atom stereocenters. The van der Waals surface area contributed by atoms with E-state index in [1.165, 1.54) is 72.8 Å². The van der Waals surface area contributed by atoms with Gasteiger partial charge in [0.15, 0.2) is 12.4 Å². The Kier molecular flexibility index (Phi) is 9.74. The summed E-state index contributed by atoms with van der Waals surface area (Å²) in [5.74, 6) is 1.08. The highest BCUT2D eigenvalue weighted by molar-refractivity contribution is 5.61. The molecule has 0 radical (unpaired) electrons. The lowest BCUT2D eigenvalue weighted by molar-refractivity contribution is -0.697. The SMILES string of the molecule is Cc1cc(C)c(OCCCCCCCCCC[n+]2ccc(-c3ccncc3)cc2)c(C)c1. The van der Waals surface area contributed by atoms with E-state index in [9.17, 15) is 0 Å². The largest absolute Gasteiger partial charge is 0.493 e. The fourth-order valence-electron chi connectivity index (χ4n) is 4.37. The lowest BCUT2D eigenvalue weighted by atomic mass is 10.1. The number of aryl methyl sites for hydroxylation is 4. The van der Waals surface area contributed by atoms with Crippen molar-refractivity contribution in [3.05, 3.63) is 77.9 Å². The number of rotatable bonds is 13. The molecule has 0 saturated carbocycles. The van der Waals surface area contributed by atoms with Crippen LogP contribution >= 0.6 is 0 Å². The van der Waals surface area contributed by atoms with Crippen LogP contribution < -0.4 is 9.30 Å². The van der Waals surface area contributed by atoms with Crippen LogP contribution in [0.3, 0.4) is 0 Å². The highest BCUT2D eigenvalue weighted by atomic mass is 16.5. The van der Waals surface area contributed by atoms with Gasteiger partial charge in [0.1, 0.15) is 12.3 Å². The van der Waals surface area contributed by atoms with E-state index in [4.69, 9.17) is 4.74 Å². The van der Waals surface area contributed by atoms with Crippen molar-refractivity contribution in [3.8, 4) is 16.9 Å². The van der Waals surface area contributed by atoms with Crippen molar-refractivity contribution in [2.45, 2.75) is 78.7 Å². The third-order valence-corrected chi connectivity index (χ3v) is 6.07. The van der Waals surface area contributed by atoms with Crippen LogP contribution in [0.25, 0.3) is 11.1 Å². The molecule has 0 saturated heterocycles. The Morgan fingerprint density at radius 2 is 1.22 bits per heavy atom. The standard InChI is InChI=1S/C29H39N2O/c1-24-22-25(2)29(26(3)23-24)32-21-11-9-7-5-4-6-8-10-18-31-19-14-28(15-20-31)27-12-16-30-17-13-27/h12-17,19-20,22-23H,4-11,18,21H2,1-3H3/q+1. The van der Waals surface area contributed by atoms with Crippen molar-refractivity contribution in [3.63, 3.8) is 0 Å². The summed E-state index contributed by atoms with van der Waals surface area (Å²) < 4.78 is 8.35. The minimum Gasteiger partial charge on any atom is -0.493 e. The van der Waals surface area contributed by atoms with E-state index >= 15 is 0 Å². The normalized spacial score (nSPS) is 11.0. The summed E-state index contributed by atoms with van der Waals surface area (Å²) in [4.78, 5) is 4.09. The first-order valence-corrected chi connectivity index (χ1v) is 12.2. The quantitative estimate of drug-likeness (QED) is 0.212. The fraction of sp³-hybridized carbons (Fsp3) is 0.448. The van der Waals surface area contributed by atoms with Gasteiger partial charge < -0.3 is 4.74 Å². The second kappa shape index (κ2) is 13.0. The average molecular weight is 432 g/mol. The molecule has 3 heteroatoms. The van der Waals surface area contributed by atoms with E-state index in [1.807, 2.05) is 12.4 Å². The highest BCUT2D eigenvalue weighted by Crippen LogP contribution is 2.24. The maximum absolute atomic E-state index is 6.05. The molecule has 0 N–H and O–H groups in total. The Labute approximate surface area is 194 Å². The predicted molar refractivity (Wildman–Crippen MR) is 133 cm³/mol. The molecule has 0 aliphatic carbocycles. The molecule has 3 nitrogen and oxygen atoms in total. The Hall–Kier alpha value is -2.68. The minimum absolute atomic E-state index is 0.835. The topological polar surface area (TPSA) is 26.0 Å². The molecule has 3 aromatic rings. The van der Waals surface area contributed by atoms with E-state index in [0.717, 1.165) is 25.3 Å². The number of hydrogen-bond donors (Lipinski definition) is 0. The fourth-order valence-corrected chi connectivity index (χ4v) is 4.37. The van der Waals surface area contributed by atoms with Crippen molar-refractivity contribution in [2.24, 2.45) is 0 Å². The summed E-state index contributed by atoms with van der Waals surface area (Å²) in [6.45, 7) is 8.37. The molecule has 0 aliphatic heterocycles. The lowest BCUT2D eigenvalue weighted by Crippen LogP contribution is -2.32. The van der Waals surface area contributed by atoms with Crippen LogP contribution in [-0.4, -0.2) is 11.6 Å². The summed E-state index contributed by atoms with van der Waals surface area (Å²) in [7, 11) is 0. The van der Waals surface area contributed by atoms with Crippen LogP contribution in [0.4, 0.5) is 0 Å². The summed E-state index contributed by atoms with van der Waals surface area (Å²) in [5.41, 5.74) is 6.29. The van der Waals surface area contributed by atoms with Crippen molar-refractivity contribution >= 4 is 0 Å². The van der Waals surface area contributed by atoms with Gasteiger partial charge in [-0.05, 0) is 68.0 Å². The number of nitrogens with zero attached hydrogens (tertiary/aromatic N) is 2. The monoisotopic (exact) mass is 431 g/mol. The van der Waals surface area contributed by atoms with Crippen molar-refractivity contribution in [2.75, 3.05) is 6.61 Å². The molecule has 2 heterocycles. The molecular weight excluding hydrogens is 392 g/mol. The minimum atomic E-state index is 0.835. The number of benzene rings is 1. The van der Waals surface area contributed by atoms with Gasteiger partial charge in [-0.2, -0.15) is 0 Å². The Morgan fingerprint density at radius 1 is 0.688 bits per heavy atom. The molecule has 0 atom stereocenters. The molecule has 0 amide bonds. The van der Waals surface area contributed by atoms with Gasteiger partial charge in [-0.25, -0.2) is 4.57 Å². The molecule has 3 rings (SSSR count). The maximum Gasteiger partial charge on any atom is 0.169 e. The van der Waals surface area contributed by atoms with Gasteiger partial charge in [0.05, 0.1) is 6.61 Å². The second-order valence-corrected chi connectivity index (χ2v) is 8.97. The first-order chi connectivity index (χ1) is 15.6. The number of pyridine rings is 2. The van der Waals surface area contributed by atoms with Crippen LogP contribution in [0, 0.1) is 20.8 Å². The smallest absolute Gasteiger partial charge is 0.169 e. The zero-order chi connectivity index (χ0) is 22.6. The first-order valence-electron chi connectivity index (χ1n) is 12.2. The van der Waals surface area contributed by atoms with E-state index in [-0.39, 0.29) is 0 Å². The summed E-state index contributed by atoms with van der Waals surface area (Å²) in [6.07, 6.45) is 18.4. The molecule has 32 heavy (non-hydrogen) atoms. The second-order valence-electron chi connectivity index (χ2n) is 8.97. The molecule has 0 aliphatic rings. The number of ether oxygens (including phenoxy) is 1. The summed E-state index contributed by atoms with van der Waals surface area (Å²) >= 11 is 0. The molecule has 0 fully saturated rings. The van der Waals surface area contributed by atoms with Gasteiger partial charge in [-0.3, -0.25) is 4.98 Å². The van der Waals surface area contributed by atoms with Crippen LogP contribution in [0.15, 0.2) is 61.2 Å². The Bertz CT molecular complexity index is 912. The molecule has 2 aromatic heterocycles. The number of hydrogen-bond acceptors (Lipinski definition) is 2. The van der Waals surface area contributed by atoms with Gasteiger partial charge >= 0.3 is 0 Å². The summed E-state index contributed by atoms with van der Waals surface area (Å²) in [6, 6.07) is 12.9. The van der Waals surface area contributed by atoms with Gasteiger partial charge in [0.25, 0.3) is 0 Å². The van der Waals surface area contributed by atoms with Crippen molar-refractivity contribution in [1.29, 1.82) is 0 Å². The predicted octanol–water partition coefficient (Wildman–Crippen LogP) is 7.16. The highest BCUT2D eigenvalue weighted by Gasteiger charge is 2.05. The Balaban J connectivity index is 1.19. The lowest BCUT2D eigenvalue weighted by Gasteiger charge is -2.13. The zero-order valence-electron chi connectivity index (χ0n) is 20.1. The maximum atomic E-state index is 6.05. The molecule has 0 spiro atoms. The van der Waals surface area contributed by atoms with E-state index in [1.54, 1.807) is 0 Å². The zero-order valence-corrected chi connectivity index (χ0v) is 20.1. The van der Waals surface area contributed by atoms with Crippen LogP contribution in [0.2, 0.25) is 0 Å². The van der Waals surface area contributed by atoms with E-state index < -0.39 is 0 Å². The van der Waals surface area contributed by atoms with Crippen LogP contribution in [-0.2, 0) is 6.54 Å². The van der Waals surface area contributed by atoms with Gasteiger partial charge in [0.2, 0.25) is 0 Å². The molecular formula is C29H39N2O+. The number of aromatic nitrogens is 2. The van der Waals surface area contributed by atoms with E-state index in [0.29, 0.717) is 0 Å². The molecule has 170 valence electrons. The van der Waals surface area contributed by atoms with Gasteiger partial charge in [0, 0.05) is 30.9 Å². The third kappa shape index (κ3) is 7.78. The van der Waals surface area contributed by atoms with Crippen LogP contribution in [0.1, 0.15) is 68.1 Å². The van der Waals surface area contributed by atoms with Crippen LogP contribution in [0.5, 0.6) is 5.75 Å². The van der Waals surface area contributed by atoms with Gasteiger partial charge in [-0.1, -0.05) is 49.8 Å². The Morgan fingerprint density at radius 3 is 1.84 bits per heavy atom. The van der Waals surface area contributed by atoms with Crippen molar-refractivity contribution < 1.29 is 9.30 Å². The van der Waals surface area contributed by atoms with E-state index in [2.05, 4.69) is 79.1 Å². The molecule has 1 aromatic carbocycles. The van der Waals surface area contributed by atoms with Gasteiger partial charge in [-0.15, -0.1) is 0 Å². The molecule has 0 bridgehead atoms. The third-order valence-electron chi connectivity index (χ3n) is 6.07. The van der Waals surface area contributed by atoms with Crippen molar-refractivity contribution in [1.82, 2.24) is 4.98 Å². The summed E-state index contributed by atoms with van der Waals surface area (Å²) in [5, 5.41) is 0.